The number of aromatic nitrogens is 2. The molecule has 3 aromatic rings. The highest BCUT2D eigenvalue weighted by atomic mass is 19.1. The summed E-state index contributed by atoms with van der Waals surface area (Å²) in [4.78, 5) is 23.2. The molecule has 1 saturated heterocycles. The summed E-state index contributed by atoms with van der Waals surface area (Å²) in [5, 5.41) is 2.66. The van der Waals surface area contributed by atoms with Crippen LogP contribution in [0.15, 0.2) is 48.9 Å². The Morgan fingerprint density at radius 1 is 1.19 bits per heavy atom. The summed E-state index contributed by atoms with van der Waals surface area (Å²) < 4.78 is 40.2. The molecule has 5 rings (SSSR count). The maximum Gasteiger partial charge on any atom is 0.241 e. The average molecular weight is 438 g/mol. The number of pyridine rings is 2. The van der Waals surface area contributed by atoms with E-state index in [9.17, 15) is 13.6 Å². The number of rotatable bonds is 5. The van der Waals surface area contributed by atoms with Crippen LogP contribution in [0.3, 0.4) is 0 Å². The lowest BCUT2D eigenvalue weighted by Crippen LogP contribution is -2.39. The highest BCUT2D eigenvalue weighted by Gasteiger charge is 2.33. The summed E-state index contributed by atoms with van der Waals surface area (Å²) in [5.41, 5.74) is 0.916. The van der Waals surface area contributed by atoms with Crippen LogP contribution >= 0.6 is 0 Å². The van der Waals surface area contributed by atoms with Crippen molar-refractivity contribution in [3.05, 3.63) is 66.3 Å². The van der Waals surface area contributed by atoms with Gasteiger partial charge in [-0.05, 0) is 37.6 Å². The minimum absolute atomic E-state index is 0.0694. The van der Waals surface area contributed by atoms with E-state index >= 15 is 0 Å². The molecule has 1 N–H and O–H groups in total. The molecule has 0 unspecified atom stereocenters. The number of amides is 1. The molecule has 1 amide bonds. The SMILES string of the molecule is O=C(Nc1cc(F)c(-c2cccnc2)c(F)c1)[C@H]1CCCN1Cc1nccc2c1OCO2. The molecule has 1 atom stereocenters. The number of nitrogens with one attached hydrogen (secondary N) is 1. The topological polar surface area (TPSA) is 76.6 Å². The minimum atomic E-state index is -0.766. The Kier molecular flexibility index (Phi) is 5.40. The number of carbonyl (C=O) groups excluding carboxylic acids is 1. The van der Waals surface area contributed by atoms with E-state index in [4.69, 9.17) is 9.47 Å². The summed E-state index contributed by atoms with van der Waals surface area (Å²) in [5.74, 6) is -0.626. The van der Waals surface area contributed by atoms with Gasteiger partial charge in [0.25, 0.3) is 0 Å². The lowest BCUT2D eigenvalue weighted by Gasteiger charge is -2.23. The molecule has 1 aromatic carbocycles. The fraction of sp³-hybridized carbons (Fsp3) is 0.261. The predicted octanol–water partition coefficient (Wildman–Crippen LogP) is 3.75. The van der Waals surface area contributed by atoms with Crippen LogP contribution in [-0.4, -0.2) is 40.2 Å². The Morgan fingerprint density at radius 2 is 2.03 bits per heavy atom. The lowest BCUT2D eigenvalue weighted by atomic mass is 10.1. The first-order chi connectivity index (χ1) is 15.6. The molecule has 2 aliphatic heterocycles. The van der Waals surface area contributed by atoms with Crippen molar-refractivity contribution in [2.24, 2.45) is 0 Å². The second kappa shape index (κ2) is 8.51. The van der Waals surface area contributed by atoms with E-state index in [0.29, 0.717) is 42.3 Å². The summed E-state index contributed by atoms with van der Waals surface area (Å²) in [6.45, 7) is 1.25. The summed E-state index contributed by atoms with van der Waals surface area (Å²) in [6.07, 6.45) is 6.02. The summed E-state index contributed by atoms with van der Waals surface area (Å²) in [6, 6.07) is 6.72. The Labute approximate surface area is 183 Å². The van der Waals surface area contributed by atoms with Crippen molar-refractivity contribution in [1.29, 1.82) is 0 Å². The van der Waals surface area contributed by atoms with Crippen molar-refractivity contribution in [3.8, 4) is 22.6 Å². The van der Waals surface area contributed by atoms with Crippen LogP contribution in [0.1, 0.15) is 18.5 Å². The van der Waals surface area contributed by atoms with Gasteiger partial charge in [-0.3, -0.25) is 19.7 Å². The normalized spacial score (nSPS) is 17.5. The molecule has 9 heteroatoms. The van der Waals surface area contributed by atoms with Crippen LogP contribution in [0.4, 0.5) is 14.5 Å². The molecule has 32 heavy (non-hydrogen) atoms. The van der Waals surface area contributed by atoms with Gasteiger partial charge in [0.2, 0.25) is 12.7 Å². The number of nitrogens with zero attached hydrogens (tertiary/aromatic N) is 3. The molecule has 0 spiro atoms. The Bertz CT molecular complexity index is 1140. The maximum atomic E-state index is 14.7. The molecule has 4 heterocycles. The number of halogens is 2. The van der Waals surface area contributed by atoms with E-state index in [0.717, 1.165) is 18.6 Å². The van der Waals surface area contributed by atoms with Crippen molar-refractivity contribution in [2.75, 3.05) is 18.7 Å². The van der Waals surface area contributed by atoms with Gasteiger partial charge in [-0.15, -0.1) is 0 Å². The first-order valence-electron chi connectivity index (χ1n) is 10.3. The fourth-order valence-corrected chi connectivity index (χ4v) is 4.17. The van der Waals surface area contributed by atoms with Gasteiger partial charge in [-0.25, -0.2) is 8.78 Å². The van der Waals surface area contributed by atoms with Crippen molar-refractivity contribution in [2.45, 2.75) is 25.4 Å². The van der Waals surface area contributed by atoms with Crippen LogP contribution in [-0.2, 0) is 11.3 Å². The molecular weight excluding hydrogens is 418 g/mol. The minimum Gasteiger partial charge on any atom is -0.453 e. The van der Waals surface area contributed by atoms with Gasteiger partial charge in [0.15, 0.2) is 11.5 Å². The highest BCUT2D eigenvalue weighted by Crippen LogP contribution is 2.35. The predicted molar refractivity (Wildman–Crippen MR) is 112 cm³/mol. The van der Waals surface area contributed by atoms with Gasteiger partial charge in [0.05, 0.1) is 11.6 Å². The van der Waals surface area contributed by atoms with Gasteiger partial charge >= 0.3 is 0 Å². The molecular formula is C23H20F2N4O3. The first-order valence-corrected chi connectivity index (χ1v) is 10.3. The van der Waals surface area contributed by atoms with E-state index in [1.165, 1.54) is 12.4 Å². The molecule has 0 bridgehead atoms. The number of ether oxygens (including phenoxy) is 2. The molecule has 164 valence electrons. The van der Waals surface area contributed by atoms with Crippen LogP contribution in [0, 0.1) is 11.6 Å². The number of anilines is 1. The zero-order chi connectivity index (χ0) is 22.1. The fourth-order valence-electron chi connectivity index (χ4n) is 4.17. The molecule has 0 saturated carbocycles. The number of hydrogen-bond donors (Lipinski definition) is 1. The molecule has 1 fully saturated rings. The van der Waals surface area contributed by atoms with Crippen molar-refractivity contribution in [1.82, 2.24) is 14.9 Å². The van der Waals surface area contributed by atoms with Gasteiger partial charge in [-0.2, -0.15) is 0 Å². The molecule has 7 nitrogen and oxygen atoms in total. The van der Waals surface area contributed by atoms with Crippen LogP contribution in [0.5, 0.6) is 11.5 Å². The second-order valence-electron chi connectivity index (χ2n) is 7.67. The van der Waals surface area contributed by atoms with Crippen molar-refractivity contribution in [3.63, 3.8) is 0 Å². The third-order valence-corrected chi connectivity index (χ3v) is 5.64. The summed E-state index contributed by atoms with van der Waals surface area (Å²) >= 11 is 0. The monoisotopic (exact) mass is 438 g/mol. The number of carbonyl (C=O) groups is 1. The van der Waals surface area contributed by atoms with Crippen molar-refractivity contribution < 1.29 is 23.0 Å². The maximum absolute atomic E-state index is 14.7. The smallest absolute Gasteiger partial charge is 0.241 e. The second-order valence-corrected chi connectivity index (χ2v) is 7.67. The van der Waals surface area contributed by atoms with Crippen LogP contribution in [0.25, 0.3) is 11.1 Å². The third kappa shape index (κ3) is 3.87. The quantitative estimate of drug-likeness (QED) is 0.654. The molecule has 0 radical (unpaired) electrons. The van der Waals surface area contributed by atoms with E-state index in [1.54, 1.807) is 24.4 Å². The van der Waals surface area contributed by atoms with E-state index in [2.05, 4.69) is 15.3 Å². The largest absolute Gasteiger partial charge is 0.453 e. The summed E-state index contributed by atoms with van der Waals surface area (Å²) in [7, 11) is 0. The zero-order valence-electron chi connectivity index (χ0n) is 17.1. The van der Waals surface area contributed by atoms with Gasteiger partial charge in [0.1, 0.15) is 17.3 Å². The number of likely N-dealkylation sites (tertiary alicyclic amines) is 1. The van der Waals surface area contributed by atoms with Gasteiger partial charge in [-0.1, -0.05) is 6.07 Å². The number of benzene rings is 1. The highest BCUT2D eigenvalue weighted by molar-refractivity contribution is 5.95. The Hall–Kier alpha value is -3.59. The van der Waals surface area contributed by atoms with E-state index < -0.39 is 17.7 Å². The third-order valence-electron chi connectivity index (χ3n) is 5.64. The molecule has 0 aliphatic carbocycles. The van der Waals surface area contributed by atoms with Crippen LogP contribution < -0.4 is 14.8 Å². The van der Waals surface area contributed by atoms with Crippen molar-refractivity contribution >= 4 is 11.6 Å². The van der Waals surface area contributed by atoms with E-state index in [1.807, 2.05) is 4.90 Å². The Morgan fingerprint density at radius 3 is 2.81 bits per heavy atom. The zero-order valence-corrected chi connectivity index (χ0v) is 17.1. The standard InChI is InChI=1S/C23H20F2N4O3/c24-16-9-15(10-17(25)21(16)14-3-1-6-26-11-14)28-23(30)19-4-2-8-29(19)12-18-22-20(5-7-27-18)31-13-32-22/h1,3,5-7,9-11,19H,2,4,8,12-13H2,(H,28,30)/t19-/m1/s1. The molecule has 2 aromatic heterocycles. The molecule has 2 aliphatic rings. The Balaban J connectivity index is 1.32. The lowest BCUT2D eigenvalue weighted by molar-refractivity contribution is -0.120. The number of hydrogen-bond acceptors (Lipinski definition) is 6. The van der Waals surface area contributed by atoms with Crippen LogP contribution in [0.2, 0.25) is 0 Å². The first kappa shape index (κ1) is 20.3. The van der Waals surface area contributed by atoms with Gasteiger partial charge < -0.3 is 14.8 Å². The van der Waals surface area contributed by atoms with Gasteiger partial charge in [0, 0.05) is 42.5 Å². The average Bonchev–Trinajstić information content (AvgIpc) is 3.44. The van der Waals surface area contributed by atoms with E-state index in [-0.39, 0.29) is 24.0 Å². The number of fused-ring (bicyclic) bond motifs is 1.